The van der Waals surface area contributed by atoms with Gasteiger partial charge in [-0.15, -0.1) is 23.1 Å². The summed E-state index contributed by atoms with van der Waals surface area (Å²) in [6.07, 6.45) is 0. The van der Waals surface area contributed by atoms with Crippen LogP contribution in [0.3, 0.4) is 0 Å². The number of benzene rings is 2. The van der Waals surface area contributed by atoms with Crippen LogP contribution in [0.1, 0.15) is 25.4 Å². The smallest absolute Gasteiger partial charge is 0.264 e. The van der Waals surface area contributed by atoms with Crippen LogP contribution in [0.25, 0.3) is 0 Å². The van der Waals surface area contributed by atoms with E-state index in [1.54, 1.807) is 11.8 Å². The second kappa shape index (κ2) is 9.49. The second-order valence-electron chi connectivity index (χ2n) is 7.25. The van der Waals surface area contributed by atoms with Crippen molar-refractivity contribution in [1.82, 2.24) is 9.80 Å². The maximum Gasteiger partial charge on any atom is 0.264 e. The summed E-state index contributed by atoms with van der Waals surface area (Å²) < 4.78 is 0. The Morgan fingerprint density at radius 3 is 2.03 bits per heavy atom. The molecule has 1 aliphatic heterocycles. The Morgan fingerprint density at radius 2 is 1.43 bits per heavy atom. The van der Waals surface area contributed by atoms with Gasteiger partial charge in [0.2, 0.25) is 5.91 Å². The molecule has 6 heteroatoms. The number of hydrogen-bond acceptors (Lipinski definition) is 4. The third-order valence-corrected chi connectivity index (χ3v) is 7.40. The average Bonchev–Trinajstić information content (AvgIpc) is 3.24. The number of carbonyl (C=O) groups excluding carboxylic acids is 2. The number of thioether (sulfide) groups is 1. The van der Waals surface area contributed by atoms with Crippen molar-refractivity contribution in [2.24, 2.45) is 0 Å². The minimum absolute atomic E-state index is 0.0680. The van der Waals surface area contributed by atoms with Crippen LogP contribution in [0.4, 0.5) is 0 Å². The molecule has 1 saturated heterocycles. The number of rotatable bonds is 5. The van der Waals surface area contributed by atoms with Crippen molar-refractivity contribution in [3.05, 3.63) is 88.1 Å². The second-order valence-corrected chi connectivity index (χ2v) is 9.72. The van der Waals surface area contributed by atoms with E-state index in [-0.39, 0.29) is 17.1 Å². The fraction of sp³-hybridized carbons (Fsp3) is 0.250. The van der Waals surface area contributed by atoms with Crippen LogP contribution in [0, 0.1) is 6.92 Å². The number of nitrogens with zero attached hydrogens (tertiary/aromatic N) is 2. The van der Waals surface area contributed by atoms with Crippen molar-refractivity contribution in [3.8, 4) is 0 Å². The van der Waals surface area contributed by atoms with Gasteiger partial charge in [0.05, 0.1) is 4.88 Å². The lowest BCUT2D eigenvalue weighted by molar-refractivity contribution is -0.132. The first-order valence-corrected chi connectivity index (χ1v) is 11.7. The van der Waals surface area contributed by atoms with Gasteiger partial charge in [0.25, 0.3) is 5.91 Å². The molecule has 0 spiro atoms. The van der Waals surface area contributed by atoms with E-state index in [0.717, 1.165) is 20.2 Å². The van der Waals surface area contributed by atoms with Gasteiger partial charge < -0.3 is 9.80 Å². The van der Waals surface area contributed by atoms with Crippen LogP contribution in [0.5, 0.6) is 0 Å². The fourth-order valence-corrected chi connectivity index (χ4v) is 5.49. The highest BCUT2D eigenvalue weighted by molar-refractivity contribution is 8.00. The Labute approximate surface area is 185 Å². The maximum absolute atomic E-state index is 13.5. The molecular weight excluding hydrogens is 412 g/mol. The molecule has 30 heavy (non-hydrogen) atoms. The van der Waals surface area contributed by atoms with Crippen molar-refractivity contribution in [2.75, 3.05) is 26.2 Å². The van der Waals surface area contributed by atoms with E-state index in [2.05, 4.69) is 0 Å². The molecule has 0 aliphatic carbocycles. The summed E-state index contributed by atoms with van der Waals surface area (Å²) in [5.74, 6) is 0.174. The molecule has 0 bridgehead atoms. The van der Waals surface area contributed by atoms with E-state index >= 15 is 0 Å². The first-order chi connectivity index (χ1) is 14.6. The SMILES string of the molecule is Cc1ccc(C(=O)N2CCN(C(=O)C(Sc3ccccc3)c3ccccc3)CC2)s1. The molecule has 1 aromatic heterocycles. The van der Waals surface area contributed by atoms with E-state index in [4.69, 9.17) is 0 Å². The molecule has 1 aliphatic rings. The number of thiophene rings is 1. The lowest BCUT2D eigenvalue weighted by atomic mass is 10.1. The Bertz CT molecular complexity index is 996. The molecule has 154 valence electrons. The molecule has 0 saturated carbocycles. The largest absolute Gasteiger partial charge is 0.338 e. The van der Waals surface area contributed by atoms with Gasteiger partial charge in [-0.05, 0) is 36.8 Å². The molecule has 4 rings (SSSR count). The summed E-state index contributed by atoms with van der Waals surface area (Å²) in [5.41, 5.74) is 1.00. The van der Waals surface area contributed by atoms with Crippen molar-refractivity contribution in [3.63, 3.8) is 0 Å². The summed E-state index contributed by atoms with van der Waals surface area (Å²) in [5, 5.41) is -0.296. The van der Waals surface area contributed by atoms with Crippen LogP contribution >= 0.6 is 23.1 Å². The molecule has 4 nitrogen and oxygen atoms in total. The van der Waals surface area contributed by atoms with Gasteiger partial charge >= 0.3 is 0 Å². The highest BCUT2D eigenvalue weighted by Gasteiger charge is 2.31. The molecule has 1 fully saturated rings. The quantitative estimate of drug-likeness (QED) is 0.536. The van der Waals surface area contributed by atoms with E-state index in [9.17, 15) is 9.59 Å². The Kier molecular flexibility index (Phi) is 6.55. The van der Waals surface area contributed by atoms with Gasteiger partial charge in [-0.25, -0.2) is 0 Å². The zero-order valence-electron chi connectivity index (χ0n) is 16.9. The van der Waals surface area contributed by atoms with Gasteiger partial charge in [0.1, 0.15) is 5.25 Å². The van der Waals surface area contributed by atoms with Gasteiger partial charge in [0.15, 0.2) is 0 Å². The highest BCUT2D eigenvalue weighted by Crippen LogP contribution is 2.36. The van der Waals surface area contributed by atoms with Gasteiger partial charge in [-0.2, -0.15) is 0 Å². The monoisotopic (exact) mass is 436 g/mol. The standard InChI is InChI=1S/C24H24N2O2S2/c1-18-12-13-21(29-18)23(27)25-14-16-26(17-15-25)24(28)22(19-8-4-2-5-9-19)30-20-10-6-3-7-11-20/h2-13,22H,14-17H2,1H3. The first kappa shape index (κ1) is 20.7. The van der Waals surface area contributed by atoms with Crippen molar-refractivity contribution < 1.29 is 9.59 Å². The highest BCUT2D eigenvalue weighted by atomic mass is 32.2. The van der Waals surface area contributed by atoms with Crippen LogP contribution < -0.4 is 0 Å². The molecule has 0 N–H and O–H groups in total. The first-order valence-electron chi connectivity index (χ1n) is 10.0. The van der Waals surface area contributed by atoms with Gasteiger partial charge in [-0.3, -0.25) is 9.59 Å². The number of carbonyl (C=O) groups is 2. The van der Waals surface area contributed by atoms with Crippen LogP contribution in [0.2, 0.25) is 0 Å². The number of aryl methyl sites for hydroxylation is 1. The Morgan fingerprint density at radius 1 is 0.833 bits per heavy atom. The zero-order chi connectivity index (χ0) is 20.9. The van der Waals surface area contributed by atoms with Crippen LogP contribution in [-0.2, 0) is 4.79 Å². The number of amides is 2. The van der Waals surface area contributed by atoms with Crippen LogP contribution in [0.15, 0.2) is 77.7 Å². The minimum atomic E-state index is -0.296. The lowest BCUT2D eigenvalue weighted by Crippen LogP contribution is -2.51. The Balaban J connectivity index is 1.45. The average molecular weight is 437 g/mol. The molecule has 1 unspecified atom stereocenters. The fourth-order valence-electron chi connectivity index (χ4n) is 3.53. The van der Waals surface area contributed by atoms with E-state index in [1.807, 2.05) is 89.5 Å². The summed E-state index contributed by atoms with van der Waals surface area (Å²) in [6, 6.07) is 23.8. The van der Waals surface area contributed by atoms with Gasteiger partial charge in [0, 0.05) is 36.0 Å². The predicted molar refractivity (Wildman–Crippen MR) is 123 cm³/mol. The number of piperazine rings is 1. The normalized spacial score (nSPS) is 15.1. The lowest BCUT2D eigenvalue weighted by Gasteiger charge is -2.36. The van der Waals surface area contributed by atoms with Crippen LogP contribution in [-0.4, -0.2) is 47.8 Å². The van der Waals surface area contributed by atoms with Crippen molar-refractivity contribution in [1.29, 1.82) is 0 Å². The summed E-state index contributed by atoms with van der Waals surface area (Å²) in [7, 11) is 0. The van der Waals surface area contributed by atoms with Crippen molar-refractivity contribution in [2.45, 2.75) is 17.1 Å². The molecule has 2 amide bonds. The third-order valence-electron chi connectivity index (χ3n) is 5.15. The topological polar surface area (TPSA) is 40.6 Å². The summed E-state index contributed by atoms with van der Waals surface area (Å²) in [6.45, 7) is 4.27. The summed E-state index contributed by atoms with van der Waals surface area (Å²) in [4.78, 5) is 32.9. The molecule has 1 atom stereocenters. The zero-order valence-corrected chi connectivity index (χ0v) is 18.5. The molecule has 2 heterocycles. The minimum Gasteiger partial charge on any atom is -0.338 e. The number of hydrogen-bond donors (Lipinski definition) is 0. The van der Waals surface area contributed by atoms with E-state index in [1.165, 1.54) is 11.3 Å². The predicted octanol–water partition coefficient (Wildman–Crippen LogP) is 4.87. The molecule has 0 radical (unpaired) electrons. The van der Waals surface area contributed by atoms with E-state index < -0.39 is 0 Å². The Hall–Kier alpha value is -2.57. The summed E-state index contributed by atoms with van der Waals surface area (Å²) >= 11 is 3.11. The van der Waals surface area contributed by atoms with Gasteiger partial charge in [-0.1, -0.05) is 48.5 Å². The molecular formula is C24H24N2O2S2. The third kappa shape index (κ3) is 4.77. The molecule has 3 aromatic rings. The molecule has 2 aromatic carbocycles. The van der Waals surface area contributed by atoms with E-state index in [0.29, 0.717) is 26.2 Å². The van der Waals surface area contributed by atoms with Crippen molar-refractivity contribution >= 4 is 34.9 Å². The maximum atomic E-state index is 13.5.